The molecule has 0 aromatic rings. The van der Waals surface area contributed by atoms with Gasteiger partial charge in [0.05, 0.1) is 6.04 Å². The molecule has 168 valence electrons. The van der Waals surface area contributed by atoms with Crippen molar-refractivity contribution in [3.8, 4) is 0 Å². The molecule has 0 heterocycles. The van der Waals surface area contributed by atoms with Crippen LogP contribution in [0.25, 0.3) is 0 Å². The number of carboxylic acid groups (broad SMARTS) is 1. The molecule has 4 unspecified atom stereocenters. The first-order valence-electron chi connectivity index (χ1n) is 9.79. The highest BCUT2D eigenvalue weighted by molar-refractivity contribution is 7.98. The second-order valence-corrected chi connectivity index (χ2v) is 8.86. The lowest BCUT2D eigenvalue weighted by Crippen LogP contribution is -2.57. The fourth-order valence-corrected chi connectivity index (χ4v) is 3.04. The highest BCUT2D eigenvalue weighted by Crippen LogP contribution is 2.07. The van der Waals surface area contributed by atoms with E-state index < -0.39 is 47.9 Å². The Hall–Kier alpha value is -1.81. The molecule has 0 rings (SSSR count). The van der Waals surface area contributed by atoms with Crippen molar-refractivity contribution < 1.29 is 24.3 Å². The van der Waals surface area contributed by atoms with Crippen molar-refractivity contribution in [2.75, 3.05) is 12.0 Å². The quantitative estimate of drug-likeness (QED) is 0.281. The van der Waals surface area contributed by atoms with Crippen LogP contribution in [0.1, 0.15) is 47.5 Å². The Balaban J connectivity index is 4.93. The molecular formula is C19H36N4O5S. The number of hydrogen-bond donors (Lipinski definition) is 5. The van der Waals surface area contributed by atoms with E-state index in [1.807, 2.05) is 20.1 Å². The number of nitrogens with two attached hydrogens (primary N) is 1. The fraction of sp³-hybridized carbons (Fsp3) is 0.789. The number of thioether (sulfide) groups is 1. The van der Waals surface area contributed by atoms with Crippen LogP contribution >= 0.6 is 11.8 Å². The fourth-order valence-electron chi connectivity index (χ4n) is 2.57. The summed E-state index contributed by atoms with van der Waals surface area (Å²) in [5, 5.41) is 16.8. The third kappa shape index (κ3) is 10.5. The number of rotatable bonds is 13. The first-order chi connectivity index (χ1) is 13.4. The molecule has 3 amide bonds. The number of carbonyl (C=O) groups excluding carboxylic acids is 3. The maximum atomic E-state index is 12.6. The summed E-state index contributed by atoms with van der Waals surface area (Å²) in [7, 11) is 0. The molecule has 4 atom stereocenters. The van der Waals surface area contributed by atoms with Crippen LogP contribution in [0, 0.1) is 11.8 Å². The third-order valence-corrected chi connectivity index (χ3v) is 4.93. The van der Waals surface area contributed by atoms with E-state index in [-0.39, 0.29) is 18.3 Å². The van der Waals surface area contributed by atoms with Gasteiger partial charge in [-0.15, -0.1) is 0 Å². The topological polar surface area (TPSA) is 151 Å². The normalized spacial score (nSPS) is 15.3. The van der Waals surface area contributed by atoms with Crippen LogP contribution in [0.2, 0.25) is 0 Å². The second-order valence-electron chi connectivity index (χ2n) is 7.88. The number of nitrogens with one attached hydrogen (secondary N) is 3. The SMILES string of the molecule is CSCCC(NC(=O)C(C)NC(=O)C(NC(=O)C(N)CC(C)C)C(C)C)C(=O)O. The van der Waals surface area contributed by atoms with E-state index in [0.717, 1.165) is 0 Å². The van der Waals surface area contributed by atoms with Crippen molar-refractivity contribution in [2.24, 2.45) is 17.6 Å². The van der Waals surface area contributed by atoms with Gasteiger partial charge in [0.15, 0.2) is 0 Å². The van der Waals surface area contributed by atoms with E-state index >= 15 is 0 Å². The van der Waals surface area contributed by atoms with Crippen LogP contribution < -0.4 is 21.7 Å². The van der Waals surface area contributed by atoms with Gasteiger partial charge in [0.2, 0.25) is 17.7 Å². The summed E-state index contributed by atoms with van der Waals surface area (Å²) in [5.74, 6) is -2.09. The van der Waals surface area contributed by atoms with Crippen molar-refractivity contribution >= 4 is 35.5 Å². The zero-order chi connectivity index (χ0) is 22.7. The van der Waals surface area contributed by atoms with Gasteiger partial charge in [-0.1, -0.05) is 27.7 Å². The van der Waals surface area contributed by atoms with Gasteiger partial charge in [0.25, 0.3) is 0 Å². The maximum absolute atomic E-state index is 12.6. The summed E-state index contributed by atoms with van der Waals surface area (Å²) in [5.41, 5.74) is 5.87. The van der Waals surface area contributed by atoms with E-state index in [1.54, 1.807) is 13.8 Å². The molecule has 29 heavy (non-hydrogen) atoms. The molecule has 0 saturated carbocycles. The average Bonchev–Trinajstić information content (AvgIpc) is 2.61. The highest BCUT2D eigenvalue weighted by atomic mass is 32.2. The van der Waals surface area contributed by atoms with Crippen molar-refractivity contribution in [1.82, 2.24) is 16.0 Å². The summed E-state index contributed by atoms with van der Waals surface area (Å²) in [6, 6.07) is -3.56. The smallest absolute Gasteiger partial charge is 0.326 e. The minimum atomic E-state index is -1.13. The minimum absolute atomic E-state index is 0.228. The standard InChI is InChI=1S/C19H36N4O5S/c1-10(2)9-13(20)17(25)23-15(11(3)4)18(26)21-12(5)16(24)22-14(19(27)28)7-8-29-6/h10-15H,7-9,20H2,1-6H3,(H,21,26)(H,22,24)(H,23,25)(H,27,28). The molecule has 6 N–H and O–H groups in total. The van der Waals surface area contributed by atoms with Crippen LogP contribution in [-0.2, 0) is 19.2 Å². The minimum Gasteiger partial charge on any atom is -0.480 e. The lowest BCUT2D eigenvalue weighted by atomic mass is 10.00. The van der Waals surface area contributed by atoms with Gasteiger partial charge in [-0.2, -0.15) is 11.8 Å². The van der Waals surface area contributed by atoms with E-state index in [4.69, 9.17) is 5.73 Å². The number of amides is 3. The Labute approximate surface area is 177 Å². The Morgan fingerprint density at radius 3 is 1.97 bits per heavy atom. The van der Waals surface area contributed by atoms with Crippen LogP contribution in [-0.4, -0.2) is 65.0 Å². The van der Waals surface area contributed by atoms with Crippen molar-refractivity contribution in [1.29, 1.82) is 0 Å². The predicted octanol–water partition coefficient (Wildman–Crippen LogP) is 0.328. The van der Waals surface area contributed by atoms with E-state index in [1.165, 1.54) is 18.7 Å². The summed E-state index contributed by atoms with van der Waals surface area (Å²) in [6.07, 6.45) is 2.61. The average molecular weight is 433 g/mol. The van der Waals surface area contributed by atoms with Gasteiger partial charge in [-0.25, -0.2) is 4.79 Å². The Kier molecular flexibility index (Phi) is 12.6. The number of hydrogen-bond acceptors (Lipinski definition) is 6. The summed E-state index contributed by atoms with van der Waals surface area (Å²) in [6.45, 7) is 8.90. The predicted molar refractivity (Wildman–Crippen MR) is 114 cm³/mol. The van der Waals surface area contributed by atoms with Gasteiger partial charge < -0.3 is 26.8 Å². The maximum Gasteiger partial charge on any atom is 0.326 e. The molecule has 0 saturated heterocycles. The zero-order valence-corrected chi connectivity index (χ0v) is 19.0. The molecule has 0 aliphatic carbocycles. The van der Waals surface area contributed by atoms with Crippen LogP contribution in [0.5, 0.6) is 0 Å². The summed E-state index contributed by atoms with van der Waals surface area (Å²) in [4.78, 5) is 48.5. The number of aliphatic carboxylic acids is 1. The molecule has 0 bridgehead atoms. The Morgan fingerprint density at radius 1 is 0.931 bits per heavy atom. The molecule has 10 heteroatoms. The second kappa shape index (κ2) is 13.4. The number of carbonyl (C=O) groups is 4. The van der Waals surface area contributed by atoms with Crippen molar-refractivity contribution in [2.45, 2.75) is 71.6 Å². The molecule has 0 radical (unpaired) electrons. The van der Waals surface area contributed by atoms with Crippen molar-refractivity contribution in [3.63, 3.8) is 0 Å². The lowest BCUT2D eigenvalue weighted by Gasteiger charge is -2.26. The zero-order valence-electron chi connectivity index (χ0n) is 18.2. The Bertz CT molecular complexity index is 571. The van der Waals surface area contributed by atoms with Gasteiger partial charge in [0.1, 0.15) is 18.1 Å². The van der Waals surface area contributed by atoms with Crippen molar-refractivity contribution in [3.05, 3.63) is 0 Å². The molecular weight excluding hydrogens is 396 g/mol. The molecule has 0 aliphatic heterocycles. The monoisotopic (exact) mass is 432 g/mol. The lowest BCUT2D eigenvalue weighted by molar-refractivity contribution is -0.142. The largest absolute Gasteiger partial charge is 0.480 e. The molecule has 0 aromatic carbocycles. The first-order valence-corrected chi connectivity index (χ1v) is 11.2. The van der Waals surface area contributed by atoms with Crippen LogP contribution in [0.15, 0.2) is 0 Å². The summed E-state index contributed by atoms with van der Waals surface area (Å²) >= 11 is 1.48. The number of carboxylic acids is 1. The van der Waals surface area contributed by atoms with Gasteiger partial charge in [-0.3, -0.25) is 14.4 Å². The highest BCUT2D eigenvalue weighted by Gasteiger charge is 2.30. The first kappa shape index (κ1) is 27.2. The molecule has 0 fully saturated rings. The third-order valence-electron chi connectivity index (χ3n) is 4.29. The molecule has 0 spiro atoms. The Morgan fingerprint density at radius 2 is 1.52 bits per heavy atom. The van der Waals surface area contributed by atoms with Crippen LogP contribution in [0.3, 0.4) is 0 Å². The molecule has 9 nitrogen and oxygen atoms in total. The summed E-state index contributed by atoms with van der Waals surface area (Å²) < 4.78 is 0. The van der Waals surface area contributed by atoms with Gasteiger partial charge >= 0.3 is 5.97 Å². The van der Waals surface area contributed by atoms with Gasteiger partial charge in [0, 0.05) is 0 Å². The molecule has 0 aromatic heterocycles. The molecule has 0 aliphatic rings. The van der Waals surface area contributed by atoms with E-state index in [2.05, 4.69) is 16.0 Å². The van der Waals surface area contributed by atoms with E-state index in [0.29, 0.717) is 12.2 Å². The van der Waals surface area contributed by atoms with E-state index in [9.17, 15) is 24.3 Å². The van der Waals surface area contributed by atoms with Gasteiger partial charge in [-0.05, 0) is 43.6 Å². The van der Waals surface area contributed by atoms with Crippen LogP contribution in [0.4, 0.5) is 0 Å².